The number of ether oxygens (including phenoxy) is 1. The van der Waals surface area contributed by atoms with Gasteiger partial charge in [-0.1, -0.05) is 29.3 Å². The molecule has 2 heterocycles. The molecule has 29 heavy (non-hydrogen) atoms. The topological polar surface area (TPSA) is 88.0 Å². The van der Waals surface area contributed by atoms with Crippen molar-refractivity contribution in [1.29, 1.82) is 0 Å². The number of amides is 1. The lowest BCUT2D eigenvalue weighted by molar-refractivity contribution is 0.0606. The summed E-state index contributed by atoms with van der Waals surface area (Å²) in [5.74, 6) is -0.529. The number of hydrogen-bond acceptors (Lipinski definition) is 6. The number of carbonyl (C=O) groups is 2. The number of benzene rings is 1. The molecule has 3 rings (SSSR count). The van der Waals surface area contributed by atoms with Crippen molar-refractivity contribution in [2.24, 2.45) is 5.10 Å². The SMILES string of the molecule is COC(=O)c1ccc[s+]1C(=O)NN=C(C)c1csc(-c2ccc(Cl)c(Cl)c2)c1O. The number of esters is 1. The quantitative estimate of drug-likeness (QED) is 0.209. The van der Waals surface area contributed by atoms with Crippen LogP contribution in [0.3, 0.4) is 0 Å². The fourth-order valence-corrected chi connectivity index (χ4v) is 5.10. The van der Waals surface area contributed by atoms with Crippen LogP contribution in [0, 0.1) is 0 Å². The Morgan fingerprint density at radius 3 is 2.69 bits per heavy atom. The Morgan fingerprint density at radius 2 is 2.00 bits per heavy atom. The predicted molar refractivity (Wildman–Crippen MR) is 118 cm³/mol. The van der Waals surface area contributed by atoms with Crippen LogP contribution in [-0.2, 0) is 4.74 Å². The van der Waals surface area contributed by atoms with E-state index in [-0.39, 0.29) is 10.6 Å². The molecule has 0 saturated carbocycles. The predicted octanol–water partition coefficient (Wildman–Crippen LogP) is 5.95. The van der Waals surface area contributed by atoms with Gasteiger partial charge in [-0.15, -0.1) is 11.3 Å². The number of carbonyl (C=O) groups excluding carboxylic acids is 2. The molecule has 2 aromatic heterocycles. The normalized spacial score (nSPS) is 12.0. The molecule has 1 aromatic carbocycles. The number of nitrogens with one attached hydrogen (secondary N) is 1. The fraction of sp³-hybridized carbons (Fsp3) is 0.105. The molecule has 150 valence electrons. The van der Waals surface area contributed by atoms with Crippen LogP contribution in [0.1, 0.15) is 22.2 Å². The average Bonchev–Trinajstić information content (AvgIpc) is 3.34. The van der Waals surface area contributed by atoms with Crippen LogP contribution < -0.4 is 5.43 Å². The number of methoxy groups -OCH3 is 1. The highest BCUT2D eigenvalue weighted by Crippen LogP contribution is 2.40. The Bertz CT molecular complexity index is 1120. The fourth-order valence-electron chi connectivity index (χ4n) is 2.46. The van der Waals surface area contributed by atoms with Crippen molar-refractivity contribution in [3.63, 3.8) is 0 Å². The zero-order valence-electron chi connectivity index (χ0n) is 15.2. The molecule has 2 N–H and O–H groups in total. The Kier molecular flexibility index (Phi) is 6.59. The summed E-state index contributed by atoms with van der Waals surface area (Å²) >= 11 is 13.3. The number of aromatic hydroxyl groups is 1. The summed E-state index contributed by atoms with van der Waals surface area (Å²) in [6.07, 6.45) is 0. The third-order valence-electron chi connectivity index (χ3n) is 3.94. The maximum absolute atomic E-state index is 12.4. The van der Waals surface area contributed by atoms with E-state index in [0.717, 1.165) is 5.56 Å². The number of nitrogens with zero attached hydrogens (tertiary/aromatic N) is 1. The number of thiophene rings is 2. The van der Waals surface area contributed by atoms with Crippen LogP contribution in [0.5, 0.6) is 5.75 Å². The Balaban J connectivity index is 1.81. The molecule has 1 unspecified atom stereocenters. The number of hydrazone groups is 1. The van der Waals surface area contributed by atoms with E-state index in [1.54, 1.807) is 48.0 Å². The van der Waals surface area contributed by atoms with Gasteiger partial charge in [0.15, 0.2) is 0 Å². The number of halogens is 2. The molecule has 0 aliphatic heterocycles. The van der Waals surface area contributed by atoms with Crippen molar-refractivity contribution in [2.75, 3.05) is 7.11 Å². The summed E-state index contributed by atoms with van der Waals surface area (Å²) in [6, 6.07) is 8.24. The summed E-state index contributed by atoms with van der Waals surface area (Å²) in [4.78, 5) is 25.0. The van der Waals surface area contributed by atoms with Gasteiger partial charge in [-0.25, -0.2) is 9.59 Å². The van der Waals surface area contributed by atoms with Crippen LogP contribution in [0.15, 0.2) is 46.2 Å². The van der Waals surface area contributed by atoms with E-state index in [0.29, 0.717) is 26.2 Å². The molecule has 0 saturated heterocycles. The smallest absolute Gasteiger partial charge is 0.476 e. The van der Waals surface area contributed by atoms with Gasteiger partial charge in [0.1, 0.15) is 11.1 Å². The average molecular weight is 470 g/mol. The van der Waals surface area contributed by atoms with Gasteiger partial charge in [-0.05, 0) is 30.7 Å². The lowest BCUT2D eigenvalue weighted by Crippen LogP contribution is -2.16. The van der Waals surface area contributed by atoms with E-state index >= 15 is 0 Å². The van der Waals surface area contributed by atoms with Gasteiger partial charge in [0.2, 0.25) is 0 Å². The van der Waals surface area contributed by atoms with Gasteiger partial charge < -0.3 is 9.84 Å². The summed E-state index contributed by atoms with van der Waals surface area (Å²) in [6.45, 7) is 1.66. The Morgan fingerprint density at radius 1 is 1.24 bits per heavy atom. The first kappa shape index (κ1) is 21.3. The molecule has 0 bridgehead atoms. The second kappa shape index (κ2) is 8.96. The number of rotatable bonds is 5. The molecule has 1 amide bonds. The third kappa shape index (κ3) is 4.45. The van der Waals surface area contributed by atoms with Crippen molar-refractivity contribution < 1.29 is 19.4 Å². The van der Waals surface area contributed by atoms with Crippen molar-refractivity contribution >= 4 is 61.9 Å². The van der Waals surface area contributed by atoms with E-state index < -0.39 is 21.7 Å². The lowest BCUT2D eigenvalue weighted by atomic mass is 10.1. The van der Waals surface area contributed by atoms with Crippen LogP contribution in [0.25, 0.3) is 10.4 Å². The summed E-state index contributed by atoms with van der Waals surface area (Å²) in [5.41, 5.74) is 4.05. The van der Waals surface area contributed by atoms with Crippen molar-refractivity contribution in [3.05, 3.63) is 61.6 Å². The van der Waals surface area contributed by atoms with Crippen LogP contribution >= 0.6 is 45.0 Å². The highest BCUT2D eigenvalue weighted by atomic mass is 35.5. The zero-order valence-corrected chi connectivity index (χ0v) is 18.4. The molecule has 3 aromatic rings. The van der Waals surface area contributed by atoms with Crippen molar-refractivity contribution in [2.45, 2.75) is 6.92 Å². The molecule has 6 nitrogen and oxygen atoms in total. The summed E-state index contributed by atoms with van der Waals surface area (Å²) in [7, 11) is 0.172. The van der Waals surface area contributed by atoms with Crippen molar-refractivity contribution in [1.82, 2.24) is 5.43 Å². The Labute approximate surface area is 183 Å². The minimum Gasteiger partial charge on any atom is -0.506 e. The third-order valence-corrected chi connectivity index (χ3v) is 7.39. The zero-order chi connectivity index (χ0) is 21.1. The highest BCUT2D eigenvalue weighted by molar-refractivity contribution is 7.51. The van der Waals surface area contributed by atoms with Gasteiger partial charge in [0, 0.05) is 11.4 Å². The second-order valence-corrected chi connectivity index (χ2v) is 9.19. The van der Waals surface area contributed by atoms with E-state index in [4.69, 9.17) is 23.2 Å². The minimum atomic E-state index is -1.09. The maximum Gasteiger partial charge on any atom is 0.476 e. The van der Waals surface area contributed by atoms with Gasteiger partial charge in [0.25, 0.3) is 4.88 Å². The Hall–Kier alpha value is -2.39. The second-order valence-electron chi connectivity index (χ2n) is 5.74. The van der Waals surface area contributed by atoms with E-state index in [9.17, 15) is 14.7 Å². The standard InChI is InChI=1S/C19H14Cl2N2O4S2/c1-10(22-23-19(26)29-7-3-4-15(29)18(25)27-2)12-9-28-17(16(12)24)11-5-6-13(20)14(21)8-11/h3-9H,1-2H3,(H-,23,24,26)/p+1. The molecule has 1 atom stereocenters. The molecular formula is C19H15Cl2N2O4S2+. The van der Waals surface area contributed by atoms with Gasteiger partial charge in [0.05, 0.1) is 43.8 Å². The van der Waals surface area contributed by atoms with Crippen molar-refractivity contribution in [3.8, 4) is 16.2 Å². The monoisotopic (exact) mass is 469 g/mol. The van der Waals surface area contributed by atoms with E-state index in [2.05, 4.69) is 15.3 Å². The molecule has 0 aliphatic carbocycles. The molecule has 0 fully saturated rings. The van der Waals surface area contributed by atoms with Gasteiger partial charge >= 0.3 is 11.2 Å². The first-order chi connectivity index (χ1) is 13.8. The number of hydrogen-bond donors (Lipinski definition) is 2. The van der Waals surface area contributed by atoms with Crippen LogP contribution in [-0.4, -0.2) is 29.1 Å². The summed E-state index contributed by atoms with van der Waals surface area (Å²) in [5, 5.41) is 18.4. The first-order valence-corrected chi connectivity index (χ1v) is 11.1. The molecule has 0 spiro atoms. The molecule has 0 radical (unpaired) electrons. The van der Waals surface area contributed by atoms with Crippen LogP contribution in [0.4, 0.5) is 4.79 Å². The molecule has 10 heteroatoms. The van der Waals surface area contributed by atoms with Gasteiger partial charge in [-0.2, -0.15) is 10.5 Å². The summed E-state index contributed by atoms with van der Waals surface area (Å²) < 4.78 is 4.68. The lowest BCUT2D eigenvalue weighted by Gasteiger charge is -2.03. The molecular weight excluding hydrogens is 455 g/mol. The minimum absolute atomic E-state index is 0.0299. The van der Waals surface area contributed by atoms with E-state index in [1.165, 1.54) is 18.4 Å². The largest absolute Gasteiger partial charge is 0.506 e. The van der Waals surface area contributed by atoms with Crippen LogP contribution in [0.2, 0.25) is 10.0 Å². The highest BCUT2D eigenvalue weighted by Gasteiger charge is 2.28. The molecule has 0 aliphatic rings. The maximum atomic E-state index is 12.4. The van der Waals surface area contributed by atoms with E-state index in [1.807, 2.05) is 0 Å². The first-order valence-electron chi connectivity index (χ1n) is 8.14. The van der Waals surface area contributed by atoms with Gasteiger partial charge in [-0.3, -0.25) is 0 Å².